The summed E-state index contributed by atoms with van der Waals surface area (Å²) in [4.78, 5) is 1.55. The van der Waals surface area contributed by atoms with Gasteiger partial charge in [-0.25, -0.2) is 8.78 Å². The molecular weight excluding hydrogens is 487 g/mol. The highest BCUT2D eigenvalue weighted by Gasteiger charge is 2.33. The van der Waals surface area contributed by atoms with E-state index in [0.717, 1.165) is 28.5 Å². The van der Waals surface area contributed by atoms with Crippen LogP contribution < -0.4 is 15.0 Å². The fourth-order valence-electron chi connectivity index (χ4n) is 4.81. The van der Waals surface area contributed by atoms with Gasteiger partial charge in [-0.3, -0.25) is 0 Å². The van der Waals surface area contributed by atoms with Crippen LogP contribution in [0.3, 0.4) is 0 Å². The van der Waals surface area contributed by atoms with Crippen molar-refractivity contribution >= 4 is 22.1 Å². The van der Waals surface area contributed by atoms with Gasteiger partial charge in [0.1, 0.15) is 23.5 Å². The molecule has 1 aliphatic heterocycles. The second-order valence-corrected chi connectivity index (χ2v) is 9.19. The first-order chi connectivity index (χ1) is 17.7. The third kappa shape index (κ3) is 5.39. The molecule has 0 aromatic heterocycles. The molecule has 2 atom stereocenters. The van der Waals surface area contributed by atoms with Crippen molar-refractivity contribution in [1.29, 1.82) is 0 Å². The second kappa shape index (κ2) is 10.0. The molecule has 0 radical (unpaired) electrons. The topological polar surface area (TPSA) is 24.5 Å². The molecule has 0 aliphatic carbocycles. The Kier molecular flexibility index (Phi) is 6.77. The Morgan fingerprint density at radius 2 is 1.73 bits per heavy atom. The second-order valence-electron chi connectivity index (χ2n) is 9.19. The van der Waals surface area contributed by atoms with Crippen molar-refractivity contribution in [3.05, 3.63) is 102 Å². The van der Waals surface area contributed by atoms with E-state index in [2.05, 4.69) is 36.5 Å². The highest BCUT2D eigenvalue weighted by Crippen LogP contribution is 2.41. The van der Waals surface area contributed by atoms with E-state index in [0.29, 0.717) is 24.7 Å². The lowest BCUT2D eigenvalue weighted by Crippen LogP contribution is -2.39. The van der Waals surface area contributed by atoms with E-state index in [1.165, 1.54) is 18.2 Å². The summed E-state index contributed by atoms with van der Waals surface area (Å²) in [7, 11) is 0. The summed E-state index contributed by atoms with van der Waals surface area (Å²) >= 11 is 0. The number of nitrogens with zero attached hydrogens (tertiary/aromatic N) is 1. The van der Waals surface area contributed by atoms with Crippen molar-refractivity contribution in [3.8, 4) is 5.75 Å². The summed E-state index contributed by atoms with van der Waals surface area (Å²) in [6, 6.07) is 20.5. The van der Waals surface area contributed by atoms with Crippen molar-refractivity contribution in [2.24, 2.45) is 0 Å². The lowest BCUT2D eigenvalue weighted by atomic mass is 9.99. The molecule has 0 saturated heterocycles. The maximum atomic E-state index is 14.2. The lowest BCUT2D eigenvalue weighted by molar-refractivity contribution is -0.137. The first-order valence-corrected chi connectivity index (χ1v) is 12.0. The van der Waals surface area contributed by atoms with Crippen LogP contribution in [0.2, 0.25) is 0 Å². The molecule has 37 heavy (non-hydrogen) atoms. The van der Waals surface area contributed by atoms with E-state index in [9.17, 15) is 22.0 Å². The van der Waals surface area contributed by atoms with Crippen molar-refractivity contribution in [1.82, 2.24) is 5.32 Å². The van der Waals surface area contributed by atoms with Crippen LogP contribution in [0.4, 0.5) is 33.3 Å². The zero-order valence-corrected chi connectivity index (χ0v) is 20.0. The van der Waals surface area contributed by atoms with Crippen LogP contribution in [0.25, 0.3) is 10.8 Å². The van der Waals surface area contributed by atoms with Crippen molar-refractivity contribution < 1.29 is 26.7 Å². The number of benzene rings is 4. The van der Waals surface area contributed by atoms with E-state index in [4.69, 9.17) is 4.74 Å². The Labute approximate surface area is 211 Å². The number of nitrogens with one attached hydrogen (secondary N) is 1. The highest BCUT2D eigenvalue weighted by molar-refractivity contribution is 5.86. The molecule has 0 fully saturated rings. The molecule has 2 unspecified atom stereocenters. The molecule has 1 heterocycles. The Morgan fingerprint density at radius 3 is 2.54 bits per heavy atom. The molecule has 0 spiro atoms. The first-order valence-electron chi connectivity index (χ1n) is 12.0. The van der Waals surface area contributed by atoms with Crippen molar-refractivity contribution in [2.75, 3.05) is 18.0 Å². The van der Waals surface area contributed by atoms with Crippen LogP contribution in [0.15, 0.2) is 78.9 Å². The first kappa shape index (κ1) is 25.0. The number of ether oxygens (including phenoxy) is 1. The zero-order chi connectivity index (χ0) is 26.2. The Bertz CT molecular complexity index is 1420. The van der Waals surface area contributed by atoms with Crippen LogP contribution >= 0.6 is 0 Å². The third-order valence-electron chi connectivity index (χ3n) is 6.62. The largest absolute Gasteiger partial charge is 0.486 e. The van der Waals surface area contributed by atoms with Gasteiger partial charge in [-0.05, 0) is 66.6 Å². The van der Waals surface area contributed by atoms with Crippen LogP contribution in [0.5, 0.6) is 5.75 Å². The minimum Gasteiger partial charge on any atom is -0.486 e. The number of alkyl halides is 3. The summed E-state index contributed by atoms with van der Waals surface area (Å²) < 4.78 is 74.2. The molecule has 1 aliphatic rings. The Morgan fingerprint density at radius 1 is 0.946 bits per heavy atom. The molecular formula is C29H25F5N2O. The van der Waals surface area contributed by atoms with Crippen LogP contribution in [-0.2, 0) is 6.18 Å². The summed E-state index contributed by atoms with van der Waals surface area (Å²) in [5.41, 5.74) is 0.481. The van der Waals surface area contributed by atoms with E-state index in [1.54, 1.807) is 4.90 Å². The van der Waals surface area contributed by atoms with Crippen molar-refractivity contribution in [2.45, 2.75) is 31.7 Å². The quantitative estimate of drug-likeness (QED) is 0.267. The monoisotopic (exact) mass is 512 g/mol. The van der Waals surface area contributed by atoms with Gasteiger partial charge in [-0.2, -0.15) is 13.2 Å². The van der Waals surface area contributed by atoms with E-state index < -0.39 is 29.5 Å². The molecule has 5 rings (SSSR count). The molecule has 192 valence electrons. The van der Waals surface area contributed by atoms with E-state index >= 15 is 0 Å². The van der Waals surface area contributed by atoms with Crippen molar-refractivity contribution in [3.63, 3.8) is 0 Å². The van der Waals surface area contributed by atoms with E-state index in [-0.39, 0.29) is 24.0 Å². The summed E-state index contributed by atoms with van der Waals surface area (Å²) in [5.74, 6) is -1.32. The SMILES string of the molecule is CC(NCCC1CN(c2cc(F)cc(C(F)(F)F)c2)c2ccc(F)cc2O1)c1cccc2ccccc12. The molecule has 4 aromatic rings. The fourth-order valence-corrected chi connectivity index (χ4v) is 4.81. The van der Waals surface area contributed by atoms with Gasteiger partial charge in [0.05, 0.1) is 17.8 Å². The lowest BCUT2D eigenvalue weighted by Gasteiger charge is -2.37. The molecule has 0 saturated carbocycles. The third-order valence-corrected chi connectivity index (χ3v) is 6.62. The average Bonchev–Trinajstić information content (AvgIpc) is 2.86. The van der Waals surface area contributed by atoms with Gasteiger partial charge in [0.2, 0.25) is 0 Å². The van der Waals surface area contributed by atoms with Gasteiger partial charge in [-0.1, -0.05) is 42.5 Å². The van der Waals surface area contributed by atoms with Gasteiger partial charge in [-0.15, -0.1) is 0 Å². The van der Waals surface area contributed by atoms with E-state index in [1.807, 2.05) is 18.2 Å². The normalized spacial score (nSPS) is 16.4. The van der Waals surface area contributed by atoms with Crippen LogP contribution in [-0.4, -0.2) is 19.2 Å². The zero-order valence-electron chi connectivity index (χ0n) is 20.0. The smallest absolute Gasteiger partial charge is 0.416 e. The van der Waals surface area contributed by atoms with Crippen LogP contribution in [0.1, 0.15) is 30.5 Å². The van der Waals surface area contributed by atoms with Gasteiger partial charge in [0.15, 0.2) is 0 Å². The molecule has 8 heteroatoms. The van der Waals surface area contributed by atoms with Gasteiger partial charge in [0.25, 0.3) is 0 Å². The number of halogens is 5. The number of rotatable bonds is 6. The Hall–Kier alpha value is -3.65. The summed E-state index contributed by atoms with van der Waals surface area (Å²) in [6.07, 6.45) is -4.65. The predicted molar refractivity (Wildman–Crippen MR) is 134 cm³/mol. The molecule has 0 amide bonds. The maximum Gasteiger partial charge on any atom is 0.416 e. The summed E-state index contributed by atoms with van der Waals surface area (Å²) in [6.45, 7) is 2.79. The number of fused-ring (bicyclic) bond motifs is 2. The van der Waals surface area contributed by atoms with Gasteiger partial charge >= 0.3 is 6.18 Å². The predicted octanol–water partition coefficient (Wildman–Crippen LogP) is 7.78. The minimum absolute atomic E-state index is 0.0329. The molecule has 1 N–H and O–H groups in total. The van der Waals surface area contributed by atoms with Gasteiger partial charge in [0, 0.05) is 17.8 Å². The maximum absolute atomic E-state index is 14.2. The Balaban J connectivity index is 1.35. The fraction of sp³-hybridized carbons (Fsp3) is 0.241. The summed E-state index contributed by atoms with van der Waals surface area (Å²) in [5, 5.41) is 5.78. The van der Waals surface area contributed by atoms with Gasteiger partial charge < -0.3 is 15.0 Å². The number of hydrogen-bond acceptors (Lipinski definition) is 3. The molecule has 3 nitrogen and oxygen atoms in total. The minimum atomic E-state index is -4.70. The number of hydrogen-bond donors (Lipinski definition) is 1. The molecule has 4 aromatic carbocycles. The highest BCUT2D eigenvalue weighted by atomic mass is 19.4. The standard InChI is InChI=1S/C29H25F5N2O/c1-18(25-8-4-6-19-5-2-3-7-26(19)25)35-12-11-24-17-36(27-10-9-21(30)16-28(27)37-24)23-14-20(29(32,33)34)13-22(31)15-23/h2-10,13-16,18,24,35H,11-12,17H2,1H3. The van der Waals surface area contributed by atoms with Crippen LogP contribution in [0, 0.1) is 11.6 Å². The number of anilines is 2. The molecule has 0 bridgehead atoms. The average molecular weight is 513 g/mol.